The number of halogens is 3. The lowest BCUT2D eigenvalue weighted by molar-refractivity contribution is -0.134. The Balaban J connectivity index is 4.22. The highest BCUT2D eigenvalue weighted by Crippen LogP contribution is 2.16. The summed E-state index contributed by atoms with van der Waals surface area (Å²) in [6.07, 6.45) is -4.63. The minimum Gasteiger partial charge on any atom is -0.273 e. The van der Waals surface area contributed by atoms with Crippen LogP contribution < -0.4 is 0 Å². The minimum atomic E-state index is -4.72. The fraction of sp³-hybridized carbons (Fsp3) is 1.00. The molecule has 11 heavy (non-hydrogen) atoms. The summed E-state index contributed by atoms with van der Waals surface area (Å²) in [5.74, 6) is 0. The number of hydrogen-bond acceptors (Lipinski definition) is 2. The summed E-state index contributed by atoms with van der Waals surface area (Å²) in [5, 5.41) is 0. The van der Waals surface area contributed by atoms with E-state index in [1.807, 2.05) is 0 Å². The van der Waals surface area contributed by atoms with Crippen molar-refractivity contribution in [3.05, 3.63) is 0 Å². The number of rotatable bonds is 2. The maximum Gasteiger partial charge on any atom is 0.402 e. The van der Waals surface area contributed by atoms with Crippen LogP contribution in [0.25, 0.3) is 0 Å². The highest BCUT2D eigenvalue weighted by atomic mass is 32.2. The number of nitrogens with zero attached hydrogens (tertiary/aromatic N) is 1. The molecule has 0 rings (SSSR count). The molecular formula is C3H6F3NO3S. The van der Waals surface area contributed by atoms with E-state index in [9.17, 15) is 21.6 Å². The van der Waals surface area contributed by atoms with Crippen LogP contribution in [0.4, 0.5) is 13.2 Å². The van der Waals surface area contributed by atoms with E-state index >= 15 is 0 Å². The molecule has 68 valence electrons. The fourth-order valence-corrected chi connectivity index (χ4v) is 0.644. The molecule has 4 nitrogen and oxygen atoms in total. The lowest BCUT2D eigenvalue weighted by Crippen LogP contribution is -2.35. The molecule has 0 saturated carbocycles. The molecular weight excluding hydrogens is 187 g/mol. The van der Waals surface area contributed by atoms with E-state index < -0.39 is 23.0 Å². The first kappa shape index (κ1) is 10.7. The molecule has 0 bridgehead atoms. The van der Waals surface area contributed by atoms with Crippen molar-refractivity contribution >= 4 is 10.3 Å². The Morgan fingerprint density at radius 1 is 1.45 bits per heavy atom. The molecule has 0 aromatic carbocycles. The molecule has 0 aliphatic heterocycles. The van der Waals surface area contributed by atoms with Crippen LogP contribution in [-0.4, -0.2) is 37.0 Å². The van der Waals surface area contributed by atoms with E-state index in [0.29, 0.717) is 7.05 Å². The van der Waals surface area contributed by atoms with Gasteiger partial charge in [0.2, 0.25) is 0 Å². The zero-order valence-corrected chi connectivity index (χ0v) is 6.28. The SMILES string of the molecule is CN(CC(F)(F)F)S(=O)(=O)O. The highest BCUT2D eigenvalue weighted by Gasteiger charge is 2.33. The second-order valence-corrected chi connectivity index (χ2v) is 3.37. The normalized spacial score (nSPS) is 14.0. The molecule has 0 aliphatic rings. The van der Waals surface area contributed by atoms with Crippen LogP contribution in [0.2, 0.25) is 0 Å². The smallest absolute Gasteiger partial charge is 0.273 e. The van der Waals surface area contributed by atoms with Gasteiger partial charge >= 0.3 is 16.5 Å². The summed E-state index contributed by atoms with van der Waals surface area (Å²) < 4.78 is 62.1. The van der Waals surface area contributed by atoms with Crippen molar-refractivity contribution < 1.29 is 26.1 Å². The van der Waals surface area contributed by atoms with Gasteiger partial charge in [0.15, 0.2) is 0 Å². The third-order valence-electron chi connectivity index (χ3n) is 0.796. The first-order valence-corrected chi connectivity index (χ1v) is 3.78. The average Bonchev–Trinajstić information content (AvgIpc) is 1.56. The standard InChI is InChI=1S/C3H6F3NO3S/c1-7(11(8,9)10)2-3(4,5)6/h2H2,1H3,(H,8,9,10). The quantitative estimate of drug-likeness (QED) is 0.641. The van der Waals surface area contributed by atoms with Gasteiger partial charge < -0.3 is 0 Å². The third kappa shape index (κ3) is 4.99. The Kier molecular flexibility index (Phi) is 2.86. The summed E-state index contributed by atoms with van der Waals surface area (Å²) in [6, 6.07) is 0. The summed E-state index contributed by atoms with van der Waals surface area (Å²) in [5.41, 5.74) is 0. The fourth-order valence-electron chi connectivity index (χ4n) is 0.334. The molecule has 0 saturated heterocycles. The molecule has 8 heteroatoms. The van der Waals surface area contributed by atoms with Gasteiger partial charge in [-0.25, -0.2) is 0 Å². The van der Waals surface area contributed by atoms with Crippen LogP contribution in [0.1, 0.15) is 0 Å². The molecule has 0 radical (unpaired) electrons. The van der Waals surface area contributed by atoms with E-state index in [0.717, 1.165) is 0 Å². The molecule has 0 unspecified atom stereocenters. The molecule has 0 aliphatic carbocycles. The van der Waals surface area contributed by atoms with Gasteiger partial charge in [-0.3, -0.25) is 4.55 Å². The third-order valence-corrected chi connectivity index (χ3v) is 1.71. The largest absolute Gasteiger partial charge is 0.402 e. The molecule has 0 amide bonds. The Morgan fingerprint density at radius 3 is 1.91 bits per heavy atom. The Morgan fingerprint density at radius 2 is 1.82 bits per heavy atom. The zero-order chi connectivity index (χ0) is 9.28. The molecule has 0 atom stereocenters. The van der Waals surface area contributed by atoms with Gasteiger partial charge in [-0.1, -0.05) is 0 Å². The highest BCUT2D eigenvalue weighted by molar-refractivity contribution is 7.83. The second-order valence-electron chi connectivity index (χ2n) is 1.85. The summed E-state index contributed by atoms with van der Waals surface area (Å²) in [4.78, 5) is 0. The summed E-state index contributed by atoms with van der Waals surface area (Å²) in [6.45, 7) is -1.69. The van der Waals surface area contributed by atoms with Crippen LogP contribution >= 0.6 is 0 Å². The van der Waals surface area contributed by atoms with Crippen molar-refractivity contribution in [2.45, 2.75) is 6.18 Å². The molecule has 1 N–H and O–H groups in total. The monoisotopic (exact) mass is 193 g/mol. The summed E-state index contributed by atoms with van der Waals surface area (Å²) >= 11 is 0. The van der Waals surface area contributed by atoms with E-state index in [2.05, 4.69) is 0 Å². The lowest BCUT2D eigenvalue weighted by atomic mass is 10.6. The van der Waals surface area contributed by atoms with Gasteiger partial charge in [0.1, 0.15) is 6.54 Å². The maximum atomic E-state index is 11.4. The van der Waals surface area contributed by atoms with E-state index in [1.54, 1.807) is 0 Å². The molecule has 0 heterocycles. The topological polar surface area (TPSA) is 57.6 Å². The van der Waals surface area contributed by atoms with Crippen molar-refractivity contribution in [1.82, 2.24) is 4.31 Å². The molecule has 0 aromatic heterocycles. The molecule has 0 fully saturated rings. The van der Waals surface area contributed by atoms with Crippen molar-refractivity contribution in [3.63, 3.8) is 0 Å². The van der Waals surface area contributed by atoms with Gasteiger partial charge in [-0.05, 0) is 0 Å². The maximum absolute atomic E-state index is 11.4. The first-order valence-electron chi connectivity index (χ1n) is 2.38. The van der Waals surface area contributed by atoms with Gasteiger partial charge in [0, 0.05) is 7.05 Å². The first-order chi connectivity index (χ1) is 4.63. The number of hydrogen-bond donors (Lipinski definition) is 1. The second kappa shape index (κ2) is 2.95. The van der Waals surface area contributed by atoms with Crippen LogP contribution in [0.5, 0.6) is 0 Å². The van der Waals surface area contributed by atoms with Crippen LogP contribution in [0.15, 0.2) is 0 Å². The number of alkyl halides is 3. The van der Waals surface area contributed by atoms with Crippen LogP contribution in [0.3, 0.4) is 0 Å². The van der Waals surface area contributed by atoms with Crippen molar-refractivity contribution in [2.24, 2.45) is 0 Å². The van der Waals surface area contributed by atoms with Gasteiger partial charge in [-0.2, -0.15) is 25.9 Å². The predicted molar refractivity (Wildman–Crippen MR) is 30.2 cm³/mol. The van der Waals surface area contributed by atoms with Crippen LogP contribution in [-0.2, 0) is 10.3 Å². The summed E-state index contributed by atoms with van der Waals surface area (Å²) in [7, 11) is -4.09. The average molecular weight is 193 g/mol. The van der Waals surface area contributed by atoms with Crippen molar-refractivity contribution in [3.8, 4) is 0 Å². The van der Waals surface area contributed by atoms with E-state index in [1.165, 1.54) is 0 Å². The zero-order valence-electron chi connectivity index (χ0n) is 5.46. The van der Waals surface area contributed by atoms with E-state index in [4.69, 9.17) is 4.55 Å². The van der Waals surface area contributed by atoms with Gasteiger partial charge in [0.25, 0.3) is 0 Å². The molecule has 0 spiro atoms. The minimum absolute atomic E-state index is 0.201. The molecule has 0 aromatic rings. The Labute approximate surface area is 61.5 Å². The Bertz CT molecular complexity index is 220. The lowest BCUT2D eigenvalue weighted by Gasteiger charge is -2.13. The van der Waals surface area contributed by atoms with Crippen molar-refractivity contribution in [1.29, 1.82) is 0 Å². The van der Waals surface area contributed by atoms with E-state index in [-0.39, 0.29) is 4.31 Å². The predicted octanol–water partition coefficient (Wildman–Crippen LogP) is 0.283. The van der Waals surface area contributed by atoms with Gasteiger partial charge in [-0.15, -0.1) is 0 Å². The van der Waals surface area contributed by atoms with Gasteiger partial charge in [0.05, 0.1) is 0 Å². The van der Waals surface area contributed by atoms with Crippen LogP contribution in [0, 0.1) is 0 Å². The van der Waals surface area contributed by atoms with Crippen molar-refractivity contribution in [2.75, 3.05) is 13.6 Å². The Hall–Kier alpha value is -0.340.